The second-order valence-electron chi connectivity index (χ2n) is 4.67. The summed E-state index contributed by atoms with van der Waals surface area (Å²) >= 11 is 1.42. The van der Waals surface area contributed by atoms with Crippen LogP contribution in [0.2, 0.25) is 0 Å². The molecule has 0 amide bonds. The lowest BCUT2D eigenvalue weighted by atomic mass is 10.2. The molecule has 112 valence electrons. The third kappa shape index (κ3) is 2.79. The van der Waals surface area contributed by atoms with Crippen molar-refractivity contribution in [3.8, 4) is 5.75 Å². The molecule has 0 bridgehead atoms. The Bertz CT molecular complexity index is 630. The summed E-state index contributed by atoms with van der Waals surface area (Å²) < 4.78 is 7.50. The molecule has 0 aromatic carbocycles. The SMILES string of the molecule is COc1c(NN)ncnc1Sc1nnc2n1CCCCC2. The Balaban J connectivity index is 1.92. The molecule has 0 unspecified atom stereocenters. The number of ether oxygens (including phenoxy) is 1. The van der Waals surface area contributed by atoms with E-state index >= 15 is 0 Å². The van der Waals surface area contributed by atoms with E-state index in [1.165, 1.54) is 30.9 Å². The van der Waals surface area contributed by atoms with E-state index in [2.05, 4.69) is 30.2 Å². The quantitative estimate of drug-likeness (QED) is 0.494. The minimum absolute atomic E-state index is 0.450. The van der Waals surface area contributed by atoms with Crippen molar-refractivity contribution in [2.45, 2.75) is 42.4 Å². The summed E-state index contributed by atoms with van der Waals surface area (Å²) in [6.07, 6.45) is 5.96. The first-order valence-electron chi connectivity index (χ1n) is 6.79. The van der Waals surface area contributed by atoms with Gasteiger partial charge >= 0.3 is 0 Å². The van der Waals surface area contributed by atoms with Gasteiger partial charge in [0.05, 0.1) is 7.11 Å². The van der Waals surface area contributed by atoms with Crippen molar-refractivity contribution in [2.24, 2.45) is 5.84 Å². The van der Waals surface area contributed by atoms with Gasteiger partial charge in [-0.2, -0.15) is 0 Å². The maximum absolute atomic E-state index is 5.44. The second kappa shape index (κ2) is 6.27. The first-order chi connectivity index (χ1) is 10.3. The minimum Gasteiger partial charge on any atom is -0.490 e. The van der Waals surface area contributed by atoms with Crippen molar-refractivity contribution < 1.29 is 4.74 Å². The van der Waals surface area contributed by atoms with E-state index in [1.807, 2.05) is 0 Å². The number of hydrogen-bond donors (Lipinski definition) is 2. The maximum atomic E-state index is 5.44. The van der Waals surface area contributed by atoms with E-state index in [-0.39, 0.29) is 0 Å². The Morgan fingerprint density at radius 3 is 3.00 bits per heavy atom. The minimum atomic E-state index is 0.450. The molecule has 1 aliphatic heterocycles. The molecule has 3 rings (SSSR count). The second-order valence-corrected chi connectivity index (χ2v) is 5.62. The number of aryl methyl sites for hydroxylation is 1. The van der Waals surface area contributed by atoms with Gasteiger partial charge in [-0.15, -0.1) is 10.2 Å². The number of hydrazine groups is 1. The lowest BCUT2D eigenvalue weighted by molar-refractivity contribution is 0.400. The zero-order valence-corrected chi connectivity index (χ0v) is 12.6. The van der Waals surface area contributed by atoms with Crippen LogP contribution in [0.25, 0.3) is 0 Å². The van der Waals surface area contributed by atoms with Gasteiger partial charge < -0.3 is 14.7 Å². The van der Waals surface area contributed by atoms with Crippen LogP contribution in [-0.2, 0) is 13.0 Å². The smallest absolute Gasteiger partial charge is 0.197 e. The monoisotopic (exact) mass is 307 g/mol. The molecule has 21 heavy (non-hydrogen) atoms. The van der Waals surface area contributed by atoms with Crippen LogP contribution < -0.4 is 16.0 Å². The molecule has 2 aromatic rings. The van der Waals surface area contributed by atoms with Crippen molar-refractivity contribution >= 4 is 17.6 Å². The predicted octanol–water partition coefficient (Wildman–Crippen LogP) is 1.24. The molecular weight excluding hydrogens is 290 g/mol. The highest BCUT2D eigenvalue weighted by atomic mass is 32.2. The van der Waals surface area contributed by atoms with Gasteiger partial charge in [-0.3, -0.25) is 0 Å². The fourth-order valence-electron chi connectivity index (χ4n) is 2.34. The average molecular weight is 307 g/mol. The fourth-order valence-corrected chi connectivity index (χ4v) is 3.27. The highest BCUT2D eigenvalue weighted by Crippen LogP contribution is 2.36. The number of hydrogen-bond acceptors (Lipinski definition) is 8. The molecule has 9 heteroatoms. The van der Waals surface area contributed by atoms with Gasteiger partial charge in [0.1, 0.15) is 12.2 Å². The summed E-state index contributed by atoms with van der Waals surface area (Å²) in [7, 11) is 1.56. The van der Waals surface area contributed by atoms with Gasteiger partial charge in [0.2, 0.25) is 0 Å². The van der Waals surface area contributed by atoms with Gasteiger partial charge in [-0.05, 0) is 24.6 Å². The molecule has 0 fully saturated rings. The van der Waals surface area contributed by atoms with Crippen molar-refractivity contribution in [1.82, 2.24) is 24.7 Å². The summed E-state index contributed by atoms with van der Waals surface area (Å²) in [6, 6.07) is 0. The van der Waals surface area contributed by atoms with E-state index in [0.717, 1.165) is 30.4 Å². The molecule has 0 saturated heterocycles. The van der Waals surface area contributed by atoms with Crippen molar-refractivity contribution in [1.29, 1.82) is 0 Å². The number of fused-ring (bicyclic) bond motifs is 1. The molecular formula is C12H17N7OS. The van der Waals surface area contributed by atoms with Crippen LogP contribution in [0.5, 0.6) is 5.75 Å². The zero-order chi connectivity index (χ0) is 14.7. The number of rotatable bonds is 4. The number of methoxy groups -OCH3 is 1. The number of nitrogens with zero attached hydrogens (tertiary/aromatic N) is 5. The Morgan fingerprint density at radius 2 is 2.19 bits per heavy atom. The zero-order valence-electron chi connectivity index (χ0n) is 11.7. The van der Waals surface area contributed by atoms with Crippen LogP contribution in [0, 0.1) is 0 Å². The van der Waals surface area contributed by atoms with Crippen LogP contribution in [0.1, 0.15) is 25.1 Å². The Morgan fingerprint density at radius 1 is 1.29 bits per heavy atom. The van der Waals surface area contributed by atoms with Crippen LogP contribution in [0.3, 0.4) is 0 Å². The van der Waals surface area contributed by atoms with Gasteiger partial charge in [0, 0.05) is 13.0 Å². The number of nitrogens with two attached hydrogens (primary N) is 1. The van der Waals surface area contributed by atoms with E-state index in [1.54, 1.807) is 7.11 Å². The lowest BCUT2D eigenvalue weighted by Gasteiger charge is -2.11. The van der Waals surface area contributed by atoms with Gasteiger partial charge in [0.15, 0.2) is 21.7 Å². The molecule has 8 nitrogen and oxygen atoms in total. The standard InChI is InChI=1S/C12H17N7OS/c1-20-9-10(16-13)14-7-15-11(9)21-12-18-17-8-5-3-2-4-6-19(8)12/h7H,2-6,13H2,1H3,(H,14,15,16). The summed E-state index contributed by atoms with van der Waals surface area (Å²) in [5, 5.41) is 10.0. The number of aromatic nitrogens is 5. The predicted molar refractivity (Wildman–Crippen MR) is 78.1 cm³/mol. The van der Waals surface area contributed by atoms with Crippen LogP contribution in [0.15, 0.2) is 16.5 Å². The van der Waals surface area contributed by atoms with Gasteiger partial charge in [-0.1, -0.05) is 6.42 Å². The molecule has 3 N–H and O–H groups in total. The van der Waals surface area contributed by atoms with Crippen LogP contribution >= 0.6 is 11.8 Å². The van der Waals surface area contributed by atoms with Crippen molar-refractivity contribution in [3.63, 3.8) is 0 Å². The normalized spacial score (nSPS) is 14.4. The topological polar surface area (TPSA) is 104 Å². The lowest BCUT2D eigenvalue weighted by Crippen LogP contribution is -2.11. The maximum Gasteiger partial charge on any atom is 0.197 e. The largest absolute Gasteiger partial charge is 0.490 e. The summed E-state index contributed by atoms with van der Waals surface area (Å²) in [6.45, 7) is 0.945. The molecule has 0 aliphatic carbocycles. The highest BCUT2D eigenvalue weighted by molar-refractivity contribution is 7.99. The Labute approximate surface area is 126 Å². The third-order valence-corrected chi connectivity index (χ3v) is 4.34. The average Bonchev–Trinajstić information content (AvgIpc) is 2.74. The highest BCUT2D eigenvalue weighted by Gasteiger charge is 2.19. The molecule has 0 spiro atoms. The van der Waals surface area contributed by atoms with E-state index in [9.17, 15) is 0 Å². The molecule has 0 radical (unpaired) electrons. The first kappa shape index (κ1) is 14.1. The van der Waals surface area contributed by atoms with E-state index in [0.29, 0.717) is 16.6 Å². The summed E-state index contributed by atoms with van der Waals surface area (Å²) in [4.78, 5) is 8.29. The van der Waals surface area contributed by atoms with Crippen molar-refractivity contribution in [3.05, 3.63) is 12.2 Å². The molecule has 0 saturated carbocycles. The molecule has 3 heterocycles. The van der Waals surface area contributed by atoms with E-state index in [4.69, 9.17) is 10.6 Å². The number of nitrogens with one attached hydrogen (secondary N) is 1. The van der Waals surface area contributed by atoms with Crippen LogP contribution in [0.4, 0.5) is 5.82 Å². The first-order valence-corrected chi connectivity index (χ1v) is 7.60. The van der Waals surface area contributed by atoms with Crippen molar-refractivity contribution in [2.75, 3.05) is 12.5 Å². The van der Waals surface area contributed by atoms with Crippen LogP contribution in [-0.4, -0.2) is 31.8 Å². The fraction of sp³-hybridized carbons (Fsp3) is 0.500. The molecule has 2 aromatic heterocycles. The Kier molecular flexibility index (Phi) is 4.20. The van der Waals surface area contributed by atoms with Gasteiger partial charge in [0.25, 0.3) is 0 Å². The molecule has 1 aliphatic rings. The Hall–Kier alpha value is -1.87. The molecule has 0 atom stereocenters. The number of anilines is 1. The number of nitrogen functional groups attached to an aromatic ring is 1. The van der Waals surface area contributed by atoms with Gasteiger partial charge in [-0.25, -0.2) is 15.8 Å². The van der Waals surface area contributed by atoms with E-state index < -0.39 is 0 Å². The third-order valence-electron chi connectivity index (χ3n) is 3.38. The summed E-state index contributed by atoms with van der Waals surface area (Å²) in [5.74, 6) is 7.44. The summed E-state index contributed by atoms with van der Waals surface area (Å²) in [5.41, 5.74) is 2.51.